The quantitative estimate of drug-likeness (QED) is 0.795. The van der Waals surface area contributed by atoms with Gasteiger partial charge in [-0.1, -0.05) is 6.07 Å². The number of ether oxygens (including phenoxy) is 2. The second kappa shape index (κ2) is 9.02. The van der Waals surface area contributed by atoms with Gasteiger partial charge in [0.05, 0.1) is 5.69 Å². The van der Waals surface area contributed by atoms with Crippen LogP contribution in [0.15, 0.2) is 42.6 Å². The molecule has 10 heteroatoms. The number of hydrogen-bond acceptors (Lipinski definition) is 5. The molecule has 0 atom stereocenters. The number of hydrogen-bond donors (Lipinski definition) is 1. The number of benzene rings is 1. The maximum Gasteiger partial charge on any atom is 0.573 e. The average Bonchev–Trinajstić information content (AvgIpc) is 2.67. The third-order valence-corrected chi connectivity index (χ3v) is 4.39. The van der Waals surface area contributed by atoms with Gasteiger partial charge in [0.2, 0.25) is 5.91 Å². The molecule has 0 spiro atoms. The van der Waals surface area contributed by atoms with Crippen molar-refractivity contribution in [2.75, 3.05) is 18.4 Å². The highest BCUT2D eigenvalue weighted by Gasteiger charge is 2.31. The zero-order valence-corrected chi connectivity index (χ0v) is 16.1. The Bertz CT molecular complexity index is 912. The van der Waals surface area contributed by atoms with Crippen molar-refractivity contribution in [3.63, 3.8) is 0 Å². The number of halogens is 3. The van der Waals surface area contributed by atoms with Crippen molar-refractivity contribution in [3.05, 3.63) is 48.3 Å². The number of aromatic nitrogens is 1. The first-order valence-electron chi connectivity index (χ1n) is 9.25. The first-order valence-corrected chi connectivity index (χ1v) is 9.25. The van der Waals surface area contributed by atoms with E-state index in [1.54, 1.807) is 23.1 Å². The van der Waals surface area contributed by atoms with Gasteiger partial charge < -0.3 is 19.7 Å². The van der Waals surface area contributed by atoms with Crippen LogP contribution in [0.4, 0.5) is 18.9 Å². The maximum atomic E-state index is 12.8. The van der Waals surface area contributed by atoms with E-state index < -0.39 is 6.36 Å². The second-order valence-corrected chi connectivity index (χ2v) is 6.71. The van der Waals surface area contributed by atoms with E-state index in [1.807, 2.05) is 0 Å². The van der Waals surface area contributed by atoms with Crippen LogP contribution in [0, 0.1) is 0 Å². The Balaban J connectivity index is 1.59. The lowest BCUT2D eigenvalue weighted by molar-refractivity contribution is -0.274. The van der Waals surface area contributed by atoms with E-state index in [9.17, 15) is 22.8 Å². The number of nitrogens with zero attached hydrogens (tertiary/aromatic N) is 2. The lowest BCUT2D eigenvalue weighted by Crippen LogP contribution is -2.42. The number of rotatable bonds is 5. The van der Waals surface area contributed by atoms with Crippen LogP contribution in [0.5, 0.6) is 11.5 Å². The SMILES string of the molecule is CC(=O)Nc1cccnc1C(=O)N1CCC(Oc2cccc(OC(F)(F)F)c2)CC1. The first kappa shape index (κ1) is 21.4. The predicted octanol–water partition coefficient (Wildman–Crippen LogP) is 3.62. The van der Waals surface area contributed by atoms with Gasteiger partial charge >= 0.3 is 6.36 Å². The summed E-state index contributed by atoms with van der Waals surface area (Å²) in [6, 6.07) is 8.57. The zero-order valence-electron chi connectivity index (χ0n) is 16.1. The predicted molar refractivity (Wildman–Crippen MR) is 101 cm³/mol. The molecule has 0 bridgehead atoms. The summed E-state index contributed by atoms with van der Waals surface area (Å²) in [7, 11) is 0. The molecule has 1 N–H and O–H groups in total. The summed E-state index contributed by atoms with van der Waals surface area (Å²) in [5.74, 6) is -0.702. The van der Waals surface area contributed by atoms with Crippen LogP contribution < -0.4 is 14.8 Å². The van der Waals surface area contributed by atoms with Crippen LogP contribution in [0.2, 0.25) is 0 Å². The number of piperidine rings is 1. The summed E-state index contributed by atoms with van der Waals surface area (Å²) in [6.45, 7) is 2.12. The van der Waals surface area contributed by atoms with Crippen LogP contribution in [0.1, 0.15) is 30.3 Å². The average molecular weight is 423 g/mol. The molecule has 0 radical (unpaired) electrons. The highest BCUT2D eigenvalue weighted by Crippen LogP contribution is 2.28. The van der Waals surface area contributed by atoms with Gasteiger partial charge in [0.25, 0.3) is 5.91 Å². The molecule has 1 saturated heterocycles. The highest BCUT2D eigenvalue weighted by molar-refractivity contribution is 6.01. The summed E-state index contributed by atoms with van der Waals surface area (Å²) < 4.78 is 46.7. The Morgan fingerprint density at radius 3 is 2.50 bits per heavy atom. The van der Waals surface area contributed by atoms with Crippen molar-refractivity contribution in [2.24, 2.45) is 0 Å². The Morgan fingerprint density at radius 2 is 1.83 bits per heavy atom. The summed E-state index contributed by atoms with van der Waals surface area (Å²) in [6.07, 6.45) is -2.55. The van der Waals surface area contributed by atoms with E-state index in [2.05, 4.69) is 15.0 Å². The molecule has 7 nitrogen and oxygen atoms in total. The third-order valence-electron chi connectivity index (χ3n) is 4.39. The molecule has 2 aromatic rings. The van der Waals surface area contributed by atoms with E-state index in [-0.39, 0.29) is 35.1 Å². The molecule has 0 saturated carbocycles. The summed E-state index contributed by atoms with van der Waals surface area (Å²) in [4.78, 5) is 29.8. The standard InChI is InChI=1S/C20H20F3N3O4/c1-13(27)25-17-6-3-9-24-18(17)19(28)26-10-7-14(8-11-26)29-15-4-2-5-16(12-15)30-20(21,22)23/h2-6,9,12,14H,7-8,10-11H2,1H3,(H,25,27). The van der Waals surface area contributed by atoms with Crippen LogP contribution in [0.25, 0.3) is 0 Å². The van der Waals surface area contributed by atoms with E-state index in [0.717, 1.165) is 0 Å². The lowest BCUT2D eigenvalue weighted by atomic mass is 10.1. The topological polar surface area (TPSA) is 80.8 Å². The maximum absolute atomic E-state index is 12.8. The molecular formula is C20H20F3N3O4. The minimum absolute atomic E-state index is 0.157. The highest BCUT2D eigenvalue weighted by atomic mass is 19.4. The van der Waals surface area contributed by atoms with Crippen LogP contribution in [-0.4, -0.2) is 47.3 Å². The van der Waals surface area contributed by atoms with Gasteiger partial charge in [-0.2, -0.15) is 0 Å². The van der Waals surface area contributed by atoms with Crippen molar-refractivity contribution >= 4 is 17.5 Å². The number of carbonyl (C=O) groups is 2. The molecule has 2 amide bonds. The van der Waals surface area contributed by atoms with Gasteiger partial charge in [0, 0.05) is 45.1 Å². The molecule has 3 rings (SSSR count). The Hall–Kier alpha value is -3.30. The molecule has 1 aliphatic heterocycles. The molecule has 0 unspecified atom stereocenters. The van der Waals surface area contributed by atoms with E-state index in [1.165, 1.54) is 31.3 Å². The number of pyridine rings is 1. The normalized spacial score (nSPS) is 14.9. The Kier molecular flexibility index (Phi) is 6.43. The molecule has 160 valence electrons. The number of carbonyl (C=O) groups excluding carboxylic acids is 2. The van der Waals surface area contributed by atoms with Crippen LogP contribution in [0.3, 0.4) is 0 Å². The fourth-order valence-electron chi connectivity index (χ4n) is 3.13. The molecule has 0 aliphatic carbocycles. The summed E-state index contributed by atoms with van der Waals surface area (Å²) in [5.41, 5.74) is 0.499. The minimum atomic E-state index is -4.77. The lowest BCUT2D eigenvalue weighted by Gasteiger charge is -2.32. The minimum Gasteiger partial charge on any atom is -0.490 e. The van der Waals surface area contributed by atoms with Crippen molar-refractivity contribution in [1.82, 2.24) is 9.88 Å². The molecule has 2 heterocycles. The number of likely N-dealkylation sites (tertiary alicyclic amines) is 1. The van der Waals surface area contributed by atoms with Gasteiger partial charge in [0.15, 0.2) is 5.69 Å². The van der Waals surface area contributed by atoms with Gasteiger partial charge in [-0.05, 0) is 24.3 Å². The van der Waals surface area contributed by atoms with Gasteiger partial charge in [-0.3, -0.25) is 9.59 Å². The Morgan fingerprint density at radius 1 is 1.13 bits per heavy atom. The van der Waals surface area contributed by atoms with Gasteiger partial charge in [0.1, 0.15) is 17.6 Å². The van der Waals surface area contributed by atoms with Crippen molar-refractivity contribution in [3.8, 4) is 11.5 Å². The molecule has 1 aliphatic rings. The van der Waals surface area contributed by atoms with Crippen LogP contribution >= 0.6 is 0 Å². The molecule has 1 aromatic carbocycles. The molecule has 1 fully saturated rings. The zero-order chi connectivity index (χ0) is 21.7. The smallest absolute Gasteiger partial charge is 0.490 e. The molecule has 30 heavy (non-hydrogen) atoms. The van der Waals surface area contributed by atoms with Crippen molar-refractivity contribution < 1.29 is 32.2 Å². The summed E-state index contributed by atoms with van der Waals surface area (Å²) in [5, 5.41) is 2.59. The van der Waals surface area contributed by atoms with Crippen LogP contribution in [-0.2, 0) is 4.79 Å². The van der Waals surface area contributed by atoms with Crippen molar-refractivity contribution in [1.29, 1.82) is 0 Å². The molecular weight excluding hydrogens is 403 g/mol. The van der Waals surface area contributed by atoms with Gasteiger partial charge in [-0.15, -0.1) is 13.2 Å². The van der Waals surface area contributed by atoms with Crippen molar-refractivity contribution in [2.45, 2.75) is 32.2 Å². The number of nitrogens with one attached hydrogen (secondary N) is 1. The Labute approximate surface area is 170 Å². The largest absolute Gasteiger partial charge is 0.573 e. The van der Waals surface area contributed by atoms with E-state index in [4.69, 9.17) is 4.74 Å². The molecule has 1 aromatic heterocycles. The fraction of sp³-hybridized carbons (Fsp3) is 0.350. The van der Waals surface area contributed by atoms with E-state index >= 15 is 0 Å². The number of anilines is 1. The van der Waals surface area contributed by atoms with E-state index in [0.29, 0.717) is 31.6 Å². The third kappa shape index (κ3) is 5.85. The number of alkyl halides is 3. The fourth-order valence-corrected chi connectivity index (χ4v) is 3.13. The summed E-state index contributed by atoms with van der Waals surface area (Å²) >= 11 is 0. The first-order chi connectivity index (χ1) is 14.2. The monoisotopic (exact) mass is 423 g/mol. The number of amides is 2. The van der Waals surface area contributed by atoms with Gasteiger partial charge in [-0.25, -0.2) is 4.98 Å². The second-order valence-electron chi connectivity index (χ2n) is 6.71.